The van der Waals surface area contributed by atoms with Crippen molar-refractivity contribution in [3.63, 3.8) is 0 Å². The van der Waals surface area contributed by atoms with E-state index in [4.69, 9.17) is 0 Å². The van der Waals surface area contributed by atoms with E-state index < -0.39 is 0 Å². The Bertz CT molecular complexity index is 84.0. The first-order chi connectivity index (χ1) is 6.27. The predicted octanol–water partition coefficient (Wildman–Crippen LogP) is 4.80. The fraction of sp³-hybridized carbons (Fsp3) is 0.846. The van der Waals surface area contributed by atoms with Gasteiger partial charge >= 0.3 is 0 Å². The average molecular weight is 182 g/mol. The molecule has 0 aliphatic heterocycles. The van der Waals surface area contributed by atoms with Crippen LogP contribution in [-0.2, 0) is 0 Å². The molecule has 0 heterocycles. The van der Waals surface area contributed by atoms with Gasteiger partial charge in [0.05, 0.1) is 0 Å². The van der Waals surface area contributed by atoms with Crippen LogP contribution in [-0.4, -0.2) is 0 Å². The quantitative estimate of drug-likeness (QED) is 0.449. The van der Waals surface area contributed by atoms with Crippen molar-refractivity contribution < 1.29 is 0 Å². The average Bonchev–Trinajstić information content (AvgIpc) is 2.09. The highest BCUT2D eigenvalue weighted by molar-refractivity contribution is 4.67. The molecule has 78 valence electrons. The van der Waals surface area contributed by atoms with E-state index in [2.05, 4.69) is 27.2 Å². The lowest BCUT2D eigenvalue weighted by molar-refractivity contribution is 0.579. The Morgan fingerprint density at radius 1 is 0.923 bits per heavy atom. The first-order valence-corrected chi connectivity index (χ1v) is 5.90. The zero-order valence-corrected chi connectivity index (χ0v) is 9.52. The summed E-state index contributed by atoms with van der Waals surface area (Å²) in [5.41, 5.74) is 0. The van der Waals surface area contributed by atoms with Crippen LogP contribution in [0.2, 0.25) is 0 Å². The number of hydrogen-bond donors (Lipinski definition) is 0. The monoisotopic (exact) mass is 182 g/mol. The van der Waals surface area contributed by atoms with E-state index in [-0.39, 0.29) is 0 Å². The highest BCUT2D eigenvalue weighted by atomic mass is 14.0. The van der Waals surface area contributed by atoms with Crippen molar-refractivity contribution in [3.8, 4) is 0 Å². The van der Waals surface area contributed by atoms with Crippen molar-refractivity contribution in [2.45, 2.75) is 65.2 Å². The summed E-state index contributed by atoms with van der Waals surface area (Å²) in [4.78, 5) is 0. The van der Waals surface area contributed by atoms with Crippen molar-refractivity contribution in [1.29, 1.82) is 0 Å². The molecule has 0 spiro atoms. The van der Waals surface area contributed by atoms with Gasteiger partial charge in [-0.2, -0.15) is 0 Å². The van der Waals surface area contributed by atoms with Crippen LogP contribution in [0.25, 0.3) is 0 Å². The van der Waals surface area contributed by atoms with Crippen molar-refractivity contribution in [1.82, 2.24) is 0 Å². The molecule has 0 fully saturated rings. The van der Waals surface area contributed by atoms with Crippen LogP contribution in [0.1, 0.15) is 65.2 Å². The van der Waals surface area contributed by atoms with Gasteiger partial charge in [0.25, 0.3) is 0 Å². The van der Waals surface area contributed by atoms with E-state index in [1.807, 2.05) is 0 Å². The molecule has 0 rings (SSSR count). The predicted molar refractivity (Wildman–Crippen MR) is 61.4 cm³/mol. The number of rotatable bonds is 9. The van der Waals surface area contributed by atoms with Crippen molar-refractivity contribution in [2.24, 2.45) is 5.92 Å². The molecule has 0 heteroatoms. The minimum absolute atomic E-state index is 0.770. The Morgan fingerprint density at radius 3 is 2.00 bits per heavy atom. The third kappa shape index (κ3) is 12.0. The molecule has 0 amide bonds. The molecule has 0 saturated carbocycles. The van der Waals surface area contributed by atoms with Crippen LogP contribution < -0.4 is 0 Å². The first-order valence-electron chi connectivity index (χ1n) is 5.90. The Labute approximate surface area is 85.1 Å². The van der Waals surface area contributed by atoms with E-state index in [1.54, 1.807) is 0 Å². The Kier molecular flexibility index (Phi) is 10.1. The third-order valence-corrected chi connectivity index (χ3v) is 2.34. The van der Waals surface area contributed by atoms with Crippen LogP contribution >= 0.6 is 0 Å². The summed E-state index contributed by atoms with van der Waals surface area (Å²) in [5.74, 6) is 0.770. The summed E-state index contributed by atoms with van der Waals surface area (Å²) in [5, 5.41) is 0. The van der Waals surface area contributed by atoms with Gasteiger partial charge in [-0.05, 0) is 18.8 Å². The van der Waals surface area contributed by atoms with E-state index in [0.29, 0.717) is 0 Å². The van der Waals surface area contributed by atoms with Gasteiger partial charge in [-0.1, -0.05) is 65.7 Å². The highest BCUT2D eigenvalue weighted by Crippen LogP contribution is 2.11. The largest absolute Gasteiger partial charge is 0.0625 e. The second kappa shape index (κ2) is 10.1. The fourth-order valence-corrected chi connectivity index (χ4v) is 1.48. The van der Waals surface area contributed by atoms with Crippen LogP contribution in [0.3, 0.4) is 0 Å². The standard InChI is InChI=1S/C13H26/c1-4-5-6-7-8-9-10-11-12-13(2)3/h12-13H,1,4-11H2,2-3H3. The normalized spacial score (nSPS) is 11.1. The van der Waals surface area contributed by atoms with Gasteiger partial charge < -0.3 is 0 Å². The highest BCUT2D eigenvalue weighted by Gasteiger charge is 1.94. The molecule has 2 radical (unpaired) electrons. The van der Waals surface area contributed by atoms with Gasteiger partial charge in [0.15, 0.2) is 0 Å². The molecular formula is C13H26. The maximum Gasteiger partial charge on any atom is -0.0360 e. The van der Waals surface area contributed by atoms with Crippen molar-refractivity contribution in [2.75, 3.05) is 0 Å². The summed E-state index contributed by atoms with van der Waals surface area (Å²) in [6.07, 6.45) is 13.2. The smallest absolute Gasteiger partial charge is 0.0360 e. The second-order valence-corrected chi connectivity index (χ2v) is 4.24. The Balaban J connectivity index is 2.84. The van der Waals surface area contributed by atoms with E-state index >= 15 is 0 Å². The lowest BCUT2D eigenvalue weighted by atomic mass is 10.0. The molecule has 0 atom stereocenters. The van der Waals surface area contributed by atoms with Crippen molar-refractivity contribution >= 4 is 0 Å². The van der Waals surface area contributed by atoms with Gasteiger partial charge in [0.2, 0.25) is 0 Å². The van der Waals surface area contributed by atoms with E-state index in [0.717, 1.165) is 12.3 Å². The number of hydrogen-bond acceptors (Lipinski definition) is 0. The minimum atomic E-state index is 0.770. The van der Waals surface area contributed by atoms with E-state index in [1.165, 1.54) is 44.9 Å². The molecule has 13 heavy (non-hydrogen) atoms. The van der Waals surface area contributed by atoms with Gasteiger partial charge in [0, 0.05) is 0 Å². The molecule has 0 unspecified atom stereocenters. The van der Waals surface area contributed by atoms with Gasteiger partial charge in [0.1, 0.15) is 0 Å². The molecular weight excluding hydrogens is 156 g/mol. The molecule has 0 saturated heterocycles. The maximum absolute atomic E-state index is 3.85. The maximum atomic E-state index is 3.85. The fourth-order valence-electron chi connectivity index (χ4n) is 1.48. The van der Waals surface area contributed by atoms with Crippen LogP contribution in [0.15, 0.2) is 0 Å². The molecule has 0 aromatic heterocycles. The summed E-state index contributed by atoms with van der Waals surface area (Å²) in [6.45, 7) is 8.36. The molecule has 0 aliphatic carbocycles. The van der Waals surface area contributed by atoms with Gasteiger partial charge in [-0.25, -0.2) is 0 Å². The van der Waals surface area contributed by atoms with Gasteiger partial charge in [-0.15, -0.1) is 0 Å². The first kappa shape index (κ1) is 13.0. The third-order valence-electron chi connectivity index (χ3n) is 2.34. The number of unbranched alkanes of at least 4 members (excludes halogenated alkanes) is 7. The summed E-state index contributed by atoms with van der Waals surface area (Å²) < 4.78 is 0. The molecule has 0 nitrogen and oxygen atoms in total. The molecule has 0 N–H and O–H groups in total. The van der Waals surface area contributed by atoms with Crippen LogP contribution in [0, 0.1) is 19.3 Å². The van der Waals surface area contributed by atoms with Gasteiger partial charge in [-0.3, -0.25) is 0 Å². The molecule has 0 aromatic carbocycles. The van der Waals surface area contributed by atoms with Crippen molar-refractivity contribution in [3.05, 3.63) is 13.3 Å². The lowest BCUT2D eigenvalue weighted by Gasteiger charge is -2.03. The van der Waals surface area contributed by atoms with Crippen LogP contribution in [0.5, 0.6) is 0 Å². The summed E-state index contributed by atoms with van der Waals surface area (Å²) >= 11 is 0. The lowest BCUT2D eigenvalue weighted by Crippen LogP contribution is -1.88. The summed E-state index contributed by atoms with van der Waals surface area (Å²) in [6, 6.07) is 0. The molecule has 0 aromatic rings. The molecule has 0 aliphatic rings. The Hall–Kier alpha value is 0. The Morgan fingerprint density at radius 2 is 1.46 bits per heavy atom. The topological polar surface area (TPSA) is 0 Å². The SMILES string of the molecule is [CH2]CCCCCCCC[CH]C(C)C. The van der Waals surface area contributed by atoms with Crippen LogP contribution in [0.4, 0.5) is 0 Å². The summed E-state index contributed by atoms with van der Waals surface area (Å²) in [7, 11) is 0. The zero-order chi connectivity index (χ0) is 9.94. The van der Waals surface area contributed by atoms with E-state index in [9.17, 15) is 0 Å². The minimum Gasteiger partial charge on any atom is -0.0625 e. The zero-order valence-electron chi connectivity index (χ0n) is 9.52. The second-order valence-electron chi connectivity index (χ2n) is 4.24. The molecule has 0 bridgehead atoms.